The van der Waals surface area contributed by atoms with Crippen LogP contribution in [0.25, 0.3) is 0 Å². The van der Waals surface area contributed by atoms with Gasteiger partial charge >= 0.3 is 23.9 Å². The molecule has 1 aliphatic heterocycles. The highest BCUT2D eigenvalue weighted by molar-refractivity contribution is 9.10. The molecule has 25 heavy (non-hydrogen) atoms. The highest BCUT2D eigenvalue weighted by Crippen LogP contribution is 2.40. The molecule has 1 heterocycles. The summed E-state index contributed by atoms with van der Waals surface area (Å²) in [5.74, 6) is -3.26. The van der Waals surface area contributed by atoms with Crippen molar-refractivity contribution < 1.29 is 47.6 Å². The number of hydrogen-bond donors (Lipinski definition) is 0. The Morgan fingerprint density at radius 3 is 1.76 bits per heavy atom. The molecule has 0 aromatic heterocycles. The molecule has 0 bridgehead atoms. The third kappa shape index (κ3) is 4.89. The van der Waals surface area contributed by atoms with Crippen LogP contribution in [0.5, 0.6) is 0 Å². The number of halogens is 1. The van der Waals surface area contributed by atoms with E-state index < -0.39 is 53.0 Å². The Bertz CT molecular complexity index is 550. The van der Waals surface area contributed by atoms with Gasteiger partial charge in [-0.2, -0.15) is 0 Å². The molecule has 0 N–H and O–H groups in total. The van der Waals surface area contributed by atoms with Gasteiger partial charge in [-0.15, -0.1) is 0 Å². The summed E-state index contributed by atoms with van der Waals surface area (Å²) in [6, 6.07) is 0. The highest BCUT2D eigenvalue weighted by atomic mass is 79.9. The number of carbonyl (C=O) groups excluding carboxylic acids is 4. The van der Waals surface area contributed by atoms with Gasteiger partial charge in [0.15, 0.2) is 18.3 Å². The fourth-order valence-corrected chi connectivity index (χ4v) is 2.98. The number of alkyl halides is 1. The number of esters is 4. The lowest BCUT2D eigenvalue weighted by Crippen LogP contribution is -2.68. The van der Waals surface area contributed by atoms with Crippen molar-refractivity contribution in [1.29, 1.82) is 0 Å². The van der Waals surface area contributed by atoms with E-state index in [-0.39, 0.29) is 0 Å². The molecule has 1 rings (SSSR count). The summed E-state index contributed by atoms with van der Waals surface area (Å²) in [4.78, 5) is 46.6. The molecule has 11 heteroatoms. The molecule has 1 saturated heterocycles. The maximum Gasteiger partial charge on any atom is 0.353 e. The molecule has 10 nitrogen and oxygen atoms in total. The van der Waals surface area contributed by atoms with Crippen LogP contribution in [-0.4, -0.2) is 67.2 Å². The van der Waals surface area contributed by atoms with Crippen LogP contribution < -0.4 is 0 Å². The van der Waals surface area contributed by atoms with Crippen molar-refractivity contribution in [3.05, 3.63) is 0 Å². The predicted molar refractivity (Wildman–Crippen MR) is 82.2 cm³/mol. The van der Waals surface area contributed by atoms with Gasteiger partial charge in [0, 0.05) is 27.9 Å². The Kier molecular flexibility index (Phi) is 7.32. The summed E-state index contributed by atoms with van der Waals surface area (Å²) in [7, 11) is 2.31. The lowest BCUT2D eigenvalue weighted by Gasteiger charge is -2.46. The van der Waals surface area contributed by atoms with Gasteiger partial charge in [0.05, 0.1) is 7.11 Å². The van der Waals surface area contributed by atoms with Crippen LogP contribution in [0.4, 0.5) is 0 Å². The van der Waals surface area contributed by atoms with Gasteiger partial charge in [-0.05, 0) is 15.9 Å². The minimum Gasteiger partial charge on any atom is -0.466 e. The predicted octanol–water partition coefficient (Wildman–Crippen LogP) is 0.0484. The maximum atomic E-state index is 12.2. The molecule has 0 saturated carbocycles. The fraction of sp³-hybridized carbons (Fsp3) is 0.714. The quantitative estimate of drug-likeness (QED) is 0.338. The average molecular weight is 427 g/mol. The summed E-state index contributed by atoms with van der Waals surface area (Å²) >= 11 is 3.04. The molecule has 0 radical (unpaired) electrons. The Labute approximate surface area is 152 Å². The number of ether oxygens (including phenoxy) is 6. The Balaban J connectivity index is 3.43. The smallest absolute Gasteiger partial charge is 0.353 e. The molecule has 0 unspecified atom stereocenters. The average Bonchev–Trinajstić information content (AvgIpc) is 2.51. The van der Waals surface area contributed by atoms with Crippen LogP contribution in [0, 0.1) is 0 Å². The molecule has 1 aliphatic rings. The third-order valence-corrected chi connectivity index (χ3v) is 4.10. The van der Waals surface area contributed by atoms with Crippen molar-refractivity contribution >= 4 is 39.8 Å². The Hall–Kier alpha value is -1.72. The van der Waals surface area contributed by atoms with Gasteiger partial charge in [0.2, 0.25) is 6.29 Å². The van der Waals surface area contributed by atoms with Crippen LogP contribution in [0.15, 0.2) is 0 Å². The SMILES string of the molecule is COC(=O)[C@@]1(Br)O[C@@H](OC)[C@H](OC(C)=O)[C@@H](OC(C)=O)[C@@H]1OC(C)=O. The van der Waals surface area contributed by atoms with Crippen molar-refractivity contribution in [2.75, 3.05) is 14.2 Å². The van der Waals surface area contributed by atoms with Crippen LogP contribution in [-0.2, 0) is 47.6 Å². The van der Waals surface area contributed by atoms with Crippen molar-refractivity contribution in [2.24, 2.45) is 0 Å². The summed E-state index contributed by atoms with van der Waals surface area (Å²) in [5, 5.41) is 0. The van der Waals surface area contributed by atoms with Crippen molar-refractivity contribution in [3.63, 3.8) is 0 Å². The second-order valence-electron chi connectivity index (χ2n) is 5.04. The Morgan fingerprint density at radius 2 is 1.36 bits per heavy atom. The van der Waals surface area contributed by atoms with Crippen molar-refractivity contribution in [3.8, 4) is 0 Å². The van der Waals surface area contributed by atoms with Crippen LogP contribution in [0.1, 0.15) is 20.8 Å². The van der Waals surface area contributed by atoms with Gasteiger partial charge in [-0.25, -0.2) is 4.79 Å². The van der Waals surface area contributed by atoms with E-state index in [1.807, 2.05) is 0 Å². The molecule has 5 atom stereocenters. The third-order valence-electron chi connectivity index (χ3n) is 3.14. The van der Waals surface area contributed by atoms with E-state index in [2.05, 4.69) is 20.7 Å². The normalized spacial score (nSPS) is 31.6. The zero-order chi connectivity index (χ0) is 19.4. The lowest BCUT2D eigenvalue weighted by atomic mass is 9.97. The van der Waals surface area contributed by atoms with Gasteiger partial charge in [-0.3, -0.25) is 14.4 Å². The molecule has 0 aromatic rings. The van der Waals surface area contributed by atoms with Crippen molar-refractivity contribution in [1.82, 2.24) is 0 Å². The number of hydrogen-bond acceptors (Lipinski definition) is 10. The largest absolute Gasteiger partial charge is 0.466 e. The second-order valence-corrected chi connectivity index (χ2v) is 6.21. The van der Waals surface area contributed by atoms with E-state index in [1.165, 1.54) is 7.11 Å². The minimum absolute atomic E-state index is 0.727. The highest BCUT2D eigenvalue weighted by Gasteiger charge is 2.63. The van der Waals surface area contributed by atoms with E-state index in [9.17, 15) is 19.2 Å². The molecule has 0 aliphatic carbocycles. The maximum absolute atomic E-state index is 12.2. The topological polar surface area (TPSA) is 124 Å². The molecule has 142 valence electrons. The first-order valence-corrected chi connectivity index (χ1v) is 7.85. The molecule has 0 spiro atoms. The summed E-state index contributed by atoms with van der Waals surface area (Å²) in [6.07, 6.45) is -5.54. The van der Waals surface area contributed by atoms with Gasteiger partial charge in [0.25, 0.3) is 4.51 Å². The first-order chi connectivity index (χ1) is 11.6. The number of methoxy groups -OCH3 is 2. The van der Waals surface area contributed by atoms with Crippen LogP contribution in [0.3, 0.4) is 0 Å². The standard InChI is InChI=1S/C14H19BrO10/c1-6(16)22-9-10(23-7(2)17)12(20-4)25-14(15,13(19)21-5)11(9)24-8(3)18/h9-12H,1-5H3/t9-,10-,11+,12-,14+/m1/s1. The molecular formula is C14H19BrO10. The summed E-state index contributed by atoms with van der Waals surface area (Å²) in [6.45, 7) is 3.30. The van der Waals surface area contributed by atoms with E-state index >= 15 is 0 Å². The fourth-order valence-electron chi connectivity index (χ4n) is 2.28. The van der Waals surface area contributed by atoms with Gasteiger partial charge < -0.3 is 28.4 Å². The molecule has 1 fully saturated rings. The van der Waals surface area contributed by atoms with Crippen LogP contribution >= 0.6 is 15.9 Å². The zero-order valence-electron chi connectivity index (χ0n) is 14.3. The van der Waals surface area contributed by atoms with Crippen molar-refractivity contribution in [2.45, 2.75) is 49.9 Å². The van der Waals surface area contributed by atoms with E-state index in [0.717, 1.165) is 27.9 Å². The van der Waals surface area contributed by atoms with E-state index in [4.69, 9.17) is 23.7 Å². The van der Waals surface area contributed by atoms with Gasteiger partial charge in [-0.1, -0.05) is 0 Å². The summed E-state index contributed by atoms with van der Waals surface area (Å²) in [5.41, 5.74) is 0. The number of carbonyl (C=O) groups is 4. The van der Waals surface area contributed by atoms with E-state index in [0.29, 0.717) is 0 Å². The first kappa shape index (κ1) is 21.3. The molecule has 0 aromatic carbocycles. The van der Waals surface area contributed by atoms with E-state index in [1.54, 1.807) is 0 Å². The molecule has 0 amide bonds. The Morgan fingerprint density at radius 1 is 0.880 bits per heavy atom. The number of rotatable bonds is 5. The molecular weight excluding hydrogens is 408 g/mol. The minimum atomic E-state index is -2.05. The van der Waals surface area contributed by atoms with Gasteiger partial charge in [0.1, 0.15) is 0 Å². The second kappa shape index (κ2) is 8.59. The lowest BCUT2D eigenvalue weighted by molar-refractivity contribution is -0.303. The zero-order valence-corrected chi connectivity index (χ0v) is 15.9. The monoisotopic (exact) mass is 426 g/mol. The first-order valence-electron chi connectivity index (χ1n) is 7.06. The summed E-state index contributed by atoms with van der Waals surface area (Å²) < 4.78 is 28.5. The van der Waals surface area contributed by atoms with Crippen LogP contribution in [0.2, 0.25) is 0 Å².